The summed E-state index contributed by atoms with van der Waals surface area (Å²) in [7, 11) is -3.80. The molecule has 0 unspecified atom stereocenters. The van der Waals surface area contributed by atoms with Gasteiger partial charge in [-0.1, -0.05) is 42.0 Å². The molecule has 8 heteroatoms. The van der Waals surface area contributed by atoms with Crippen LogP contribution in [0.1, 0.15) is 22.3 Å². The van der Waals surface area contributed by atoms with Crippen LogP contribution in [-0.4, -0.2) is 18.4 Å². The number of aryl methyl sites for hydroxylation is 1. The van der Waals surface area contributed by atoms with Gasteiger partial charge in [0.1, 0.15) is 5.82 Å². The van der Waals surface area contributed by atoms with Gasteiger partial charge in [0.05, 0.1) is 15.7 Å². The fourth-order valence-electron chi connectivity index (χ4n) is 2.62. The third-order valence-electron chi connectivity index (χ3n) is 4.05. The van der Waals surface area contributed by atoms with E-state index in [1.807, 2.05) is 0 Å². The Morgan fingerprint density at radius 1 is 1.07 bits per heavy atom. The van der Waals surface area contributed by atoms with Crippen molar-refractivity contribution in [3.63, 3.8) is 0 Å². The van der Waals surface area contributed by atoms with Gasteiger partial charge in [0.25, 0.3) is 0 Å². The van der Waals surface area contributed by atoms with Gasteiger partial charge in [-0.25, -0.2) is 22.8 Å². The Morgan fingerprint density at radius 2 is 1.75 bits per heavy atom. The van der Waals surface area contributed by atoms with Crippen molar-refractivity contribution in [2.45, 2.75) is 17.6 Å². The van der Waals surface area contributed by atoms with Gasteiger partial charge >= 0.3 is 6.08 Å². The summed E-state index contributed by atoms with van der Waals surface area (Å²) < 4.78 is 52.5. The van der Waals surface area contributed by atoms with Gasteiger partial charge in [0.15, 0.2) is 9.84 Å². The molecule has 1 heterocycles. The minimum atomic E-state index is -3.80. The summed E-state index contributed by atoms with van der Waals surface area (Å²) in [6, 6.07) is 8.80. The first-order valence-electron chi connectivity index (χ1n) is 8.18. The Kier molecular flexibility index (Phi) is 5.86. The summed E-state index contributed by atoms with van der Waals surface area (Å²) in [4.78, 5) is 6.85. The fourth-order valence-corrected chi connectivity index (χ4v) is 4.55. The van der Waals surface area contributed by atoms with Crippen LogP contribution in [-0.2, 0) is 15.6 Å². The molecular weight excluding hydrogens is 406 g/mol. The maximum absolute atomic E-state index is 14.5. The van der Waals surface area contributed by atoms with Crippen LogP contribution in [0.4, 0.5) is 8.78 Å². The second-order valence-corrected chi connectivity index (χ2v) is 8.47. The smallest absolute Gasteiger partial charge is 0.223 e. The molecule has 0 atom stereocenters. The van der Waals surface area contributed by atoms with E-state index in [1.54, 1.807) is 31.2 Å². The molecule has 0 aliphatic rings. The van der Waals surface area contributed by atoms with Gasteiger partial charge in [-0.15, -0.1) is 0 Å². The standard InChI is InChI=1S/C20H15ClF2N2O2S/c1-13-8-16(12-28(26,27)19-5-3-2-4-17(19)21)18(22)9-15(13)7-6-14-10-24-20(23)25-11-14/h2-11H,12H2,1H3/b7-6+. The van der Waals surface area contributed by atoms with Crippen molar-refractivity contribution in [3.05, 3.63) is 88.0 Å². The Morgan fingerprint density at radius 3 is 2.43 bits per heavy atom. The van der Waals surface area contributed by atoms with Crippen molar-refractivity contribution < 1.29 is 17.2 Å². The lowest BCUT2D eigenvalue weighted by molar-refractivity contribution is 0.538. The van der Waals surface area contributed by atoms with Gasteiger partial charge in [-0.05, 0) is 36.2 Å². The highest BCUT2D eigenvalue weighted by Gasteiger charge is 2.21. The van der Waals surface area contributed by atoms with Gasteiger partial charge in [0, 0.05) is 23.5 Å². The molecule has 1 aromatic heterocycles. The molecular formula is C20H15ClF2N2O2S. The lowest BCUT2D eigenvalue weighted by Gasteiger charge is -2.10. The lowest BCUT2D eigenvalue weighted by atomic mass is 10.0. The first kappa shape index (κ1) is 20.1. The first-order valence-corrected chi connectivity index (χ1v) is 10.2. The fraction of sp³-hybridized carbons (Fsp3) is 0.100. The van der Waals surface area contributed by atoms with Crippen molar-refractivity contribution in [1.82, 2.24) is 9.97 Å². The largest absolute Gasteiger partial charge is 0.308 e. The van der Waals surface area contributed by atoms with E-state index in [9.17, 15) is 17.2 Å². The van der Waals surface area contributed by atoms with E-state index in [0.717, 1.165) is 0 Å². The van der Waals surface area contributed by atoms with Crippen LogP contribution < -0.4 is 0 Å². The number of sulfone groups is 1. The maximum atomic E-state index is 14.5. The van der Waals surface area contributed by atoms with E-state index in [1.165, 1.54) is 36.7 Å². The van der Waals surface area contributed by atoms with Crippen molar-refractivity contribution in [1.29, 1.82) is 0 Å². The predicted octanol–water partition coefficient (Wildman–Crippen LogP) is 4.86. The molecule has 3 aromatic rings. The maximum Gasteiger partial charge on any atom is 0.308 e. The van der Waals surface area contributed by atoms with E-state index in [4.69, 9.17) is 11.6 Å². The monoisotopic (exact) mass is 420 g/mol. The van der Waals surface area contributed by atoms with E-state index in [2.05, 4.69) is 9.97 Å². The third-order valence-corrected chi connectivity index (χ3v) is 6.21. The molecule has 4 nitrogen and oxygen atoms in total. The molecule has 0 amide bonds. The summed E-state index contributed by atoms with van der Waals surface area (Å²) in [6.45, 7) is 1.74. The quantitative estimate of drug-likeness (QED) is 0.553. The summed E-state index contributed by atoms with van der Waals surface area (Å²) in [5, 5.41) is 0.0979. The summed E-state index contributed by atoms with van der Waals surface area (Å²) in [6.07, 6.45) is 5.01. The number of hydrogen-bond acceptors (Lipinski definition) is 4. The Bertz CT molecular complexity index is 1150. The van der Waals surface area contributed by atoms with Gasteiger partial charge in [0.2, 0.25) is 0 Å². The van der Waals surface area contributed by atoms with Crippen molar-refractivity contribution in [3.8, 4) is 0 Å². The molecule has 0 fully saturated rings. The molecule has 144 valence electrons. The number of benzene rings is 2. The second kappa shape index (κ2) is 8.16. The molecule has 0 aliphatic carbocycles. The first-order chi connectivity index (χ1) is 13.3. The van der Waals surface area contributed by atoms with Crippen molar-refractivity contribution in [2.75, 3.05) is 0 Å². The van der Waals surface area contributed by atoms with Gasteiger partial charge in [-0.2, -0.15) is 4.39 Å². The zero-order valence-electron chi connectivity index (χ0n) is 14.7. The third kappa shape index (κ3) is 4.61. The zero-order valence-corrected chi connectivity index (χ0v) is 16.3. The molecule has 2 aromatic carbocycles. The van der Waals surface area contributed by atoms with Crippen LogP contribution in [0.3, 0.4) is 0 Å². The van der Waals surface area contributed by atoms with E-state index < -0.39 is 27.5 Å². The number of halogens is 3. The second-order valence-electron chi connectivity index (χ2n) is 6.11. The summed E-state index contributed by atoms with van der Waals surface area (Å²) in [5.74, 6) is -1.14. The highest BCUT2D eigenvalue weighted by Crippen LogP contribution is 2.26. The highest BCUT2D eigenvalue weighted by molar-refractivity contribution is 7.90. The number of nitrogens with zero attached hydrogens (tertiary/aromatic N) is 2. The molecule has 0 spiro atoms. The average molecular weight is 421 g/mol. The number of aromatic nitrogens is 2. The van der Waals surface area contributed by atoms with E-state index in [0.29, 0.717) is 16.7 Å². The number of rotatable bonds is 5. The average Bonchev–Trinajstić information content (AvgIpc) is 2.64. The van der Waals surface area contributed by atoms with Crippen LogP contribution >= 0.6 is 11.6 Å². The Hall–Kier alpha value is -2.64. The molecule has 0 radical (unpaired) electrons. The molecule has 0 aliphatic heterocycles. The highest BCUT2D eigenvalue weighted by atomic mass is 35.5. The van der Waals surface area contributed by atoms with Crippen molar-refractivity contribution >= 4 is 33.6 Å². The van der Waals surface area contributed by atoms with Gasteiger partial charge < -0.3 is 0 Å². The predicted molar refractivity (Wildman–Crippen MR) is 104 cm³/mol. The van der Waals surface area contributed by atoms with Crippen LogP contribution in [0.5, 0.6) is 0 Å². The van der Waals surface area contributed by atoms with E-state index >= 15 is 0 Å². The van der Waals surface area contributed by atoms with E-state index in [-0.39, 0.29) is 15.5 Å². The Labute approximate surface area is 166 Å². The van der Waals surface area contributed by atoms with Crippen molar-refractivity contribution in [2.24, 2.45) is 0 Å². The van der Waals surface area contributed by atoms with Crippen LogP contribution in [0.15, 0.2) is 53.7 Å². The van der Waals surface area contributed by atoms with Gasteiger partial charge in [-0.3, -0.25) is 0 Å². The molecule has 3 rings (SSSR count). The molecule has 0 N–H and O–H groups in total. The SMILES string of the molecule is Cc1cc(CS(=O)(=O)c2ccccc2Cl)c(F)cc1/C=C/c1cnc(F)nc1. The van der Waals surface area contributed by atoms with Crippen LogP contribution in [0, 0.1) is 18.8 Å². The molecule has 0 saturated heterocycles. The van der Waals surface area contributed by atoms with Crippen LogP contribution in [0.25, 0.3) is 12.2 Å². The minimum Gasteiger partial charge on any atom is -0.223 e. The number of hydrogen-bond donors (Lipinski definition) is 0. The lowest BCUT2D eigenvalue weighted by Crippen LogP contribution is -2.08. The summed E-state index contributed by atoms with van der Waals surface area (Å²) >= 11 is 5.96. The normalized spacial score (nSPS) is 11.9. The molecule has 28 heavy (non-hydrogen) atoms. The summed E-state index contributed by atoms with van der Waals surface area (Å²) in [5.41, 5.74) is 1.84. The topological polar surface area (TPSA) is 59.9 Å². The Balaban J connectivity index is 1.88. The zero-order chi connectivity index (χ0) is 20.3. The minimum absolute atomic E-state index is 0.0333. The van der Waals surface area contributed by atoms with Crippen LogP contribution in [0.2, 0.25) is 5.02 Å². The molecule has 0 saturated carbocycles. The molecule has 0 bridgehead atoms.